The summed E-state index contributed by atoms with van der Waals surface area (Å²) in [5, 5.41) is 12.0. The van der Waals surface area contributed by atoms with Crippen LogP contribution in [0.2, 0.25) is 5.02 Å². The van der Waals surface area contributed by atoms with Crippen LogP contribution < -0.4 is 5.32 Å². The Hall–Kier alpha value is -1.55. The molecule has 90 valence electrons. The summed E-state index contributed by atoms with van der Waals surface area (Å²) in [7, 11) is 0. The number of hydrogen-bond donors (Lipinski definition) is 2. The van der Waals surface area contributed by atoms with Crippen LogP contribution in [0.25, 0.3) is 0 Å². The van der Waals surface area contributed by atoms with Crippen molar-refractivity contribution in [3.05, 3.63) is 34.9 Å². The van der Waals surface area contributed by atoms with Crippen LogP contribution in [0.5, 0.6) is 0 Å². The summed E-state index contributed by atoms with van der Waals surface area (Å²) in [5.41, 5.74) is 0.901. The molecule has 1 amide bonds. The molecule has 0 aromatic heterocycles. The number of halogens is 1. The van der Waals surface area contributed by atoms with Crippen LogP contribution >= 0.6 is 11.6 Å². The fraction of sp³-hybridized carbons (Fsp3) is 0.333. The largest absolute Gasteiger partial charge is 0.481 e. The maximum atomic E-state index is 11.6. The monoisotopic (exact) mass is 253 g/mol. The number of hydrogen-bond acceptors (Lipinski definition) is 2. The van der Waals surface area contributed by atoms with Crippen LogP contribution in [-0.2, 0) is 16.1 Å². The molecule has 1 aromatic rings. The fourth-order valence-electron chi connectivity index (χ4n) is 1.72. The van der Waals surface area contributed by atoms with Gasteiger partial charge in [0.2, 0.25) is 5.91 Å². The smallest absolute Gasteiger partial charge is 0.307 e. The molecule has 2 N–H and O–H groups in total. The predicted octanol–water partition coefficient (Wildman–Crippen LogP) is 1.68. The molecule has 1 saturated carbocycles. The van der Waals surface area contributed by atoms with Gasteiger partial charge in [0.15, 0.2) is 0 Å². The maximum Gasteiger partial charge on any atom is 0.307 e. The van der Waals surface area contributed by atoms with Gasteiger partial charge in [0.25, 0.3) is 0 Å². The third-order valence-corrected chi connectivity index (χ3v) is 3.04. The first kappa shape index (κ1) is 11.9. The Kier molecular flexibility index (Phi) is 3.33. The number of rotatable bonds is 4. The molecular weight excluding hydrogens is 242 g/mol. The average Bonchev–Trinajstić information content (AvgIpc) is 3.06. The summed E-state index contributed by atoms with van der Waals surface area (Å²) in [6.07, 6.45) is 0.441. The molecule has 1 aromatic carbocycles. The lowest BCUT2D eigenvalue weighted by Gasteiger charge is -2.04. The minimum Gasteiger partial charge on any atom is -0.481 e. The van der Waals surface area contributed by atoms with Crippen molar-refractivity contribution >= 4 is 23.5 Å². The van der Waals surface area contributed by atoms with E-state index in [9.17, 15) is 9.59 Å². The molecular formula is C12H12ClNO3. The number of carboxylic acid groups (broad SMARTS) is 1. The Morgan fingerprint density at radius 1 is 1.41 bits per heavy atom. The van der Waals surface area contributed by atoms with Crippen molar-refractivity contribution < 1.29 is 14.7 Å². The Morgan fingerprint density at radius 3 is 2.76 bits per heavy atom. The third kappa shape index (κ3) is 2.97. The van der Waals surface area contributed by atoms with Gasteiger partial charge in [-0.25, -0.2) is 0 Å². The molecule has 4 nitrogen and oxygen atoms in total. The second-order valence-corrected chi connectivity index (χ2v) is 4.57. The summed E-state index contributed by atoms with van der Waals surface area (Å²) in [4.78, 5) is 22.2. The minimum absolute atomic E-state index is 0.197. The second kappa shape index (κ2) is 4.75. The van der Waals surface area contributed by atoms with Gasteiger partial charge in [-0.2, -0.15) is 0 Å². The van der Waals surface area contributed by atoms with Gasteiger partial charge in [0.1, 0.15) is 0 Å². The number of carbonyl (C=O) groups is 2. The second-order valence-electron chi connectivity index (χ2n) is 4.13. The predicted molar refractivity (Wildman–Crippen MR) is 62.5 cm³/mol. The van der Waals surface area contributed by atoms with E-state index in [4.69, 9.17) is 16.7 Å². The molecule has 5 heteroatoms. The van der Waals surface area contributed by atoms with E-state index in [1.54, 1.807) is 18.2 Å². The van der Waals surface area contributed by atoms with Crippen LogP contribution in [0, 0.1) is 11.8 Å². The van der Waals surface area contributed by atoms with Crippen molar-refractivity contribution in [2.75, 3.05) is 0 Å². The van der Waals surface area contributed by atoms with Crippen molar-refractivity contribution in [2.45, 2.75) is 13.0 Å². The Morgan fingerprint density at radius 2 is 2.18 bits per heavy atom. The molecule has 0 bridgehead atoms. The highest BCUT2D eigenvalue weighted by atomic mass is 35.5. The number of carbonyl (C=O) groups excluding carboxylic acids is 1. The van der Waals surface area contributed by atoms with Crippen molar-refractivity contribution in [2.24, 2.45) is 11.8 Å². The first-order valence-electron chi connectivity index (χ1n) is 5.33. The number of aliphatic carboxylic acids is 1. The highest BCUT2D eigenvalue weighted by molar-refractivity contribution is 6.30. The van der Waals surface area contributed by atoms with Gasteiger partial charge in [0.05, 0.1) is 11.8 Å². The van der Waals surface area contributed by atoms with E-state index in [1.165, 1.54) is 0 Å². The molecule has 0 unspecified atom stereocenters. The first-order chi connectivity index (χ1) is 8.08. The molecule has 1 aliphatic rings. The van der Waals surface area contributed by atoms with Gasteiger partial charge in [-0.15, -0.1) is 0 Å². The van der Waals surface area contributed by atoms with Gasteiger partial charge < -0.3 is 10.4 Å². The minimum atomic E-state index is -0.895. The summed E-state index contributed by atoms with van der Waals surface area (Å²) in [6.45, 7) is 0.377. The summed E-state index contributed by atoms with van der Waals surface area (Å²) in [6, 6.07) is 7.19. The first-order valence-corrected chi connectivity index (χ1v) is 5.70. The maximum absolute atomic E-state index is 11.6. The molecule has 0 heterocycles. The quantitative estimate of drug-likeness (QED) is 0.858. The summed E-state index contributed by atoms with van der Waals surface area (Å²) < 4.78 is 0. The zero-order valence-corrected chi connectivity index (χ0v) is 9.78. The number of amides is 1. The van der Waals surface area contributed by atoms with E-state index in [1.807, 2.05) is 6.07 Å². The van der Waals surface area contributed by atoms with Gasteiger partial charge in [-0.1, -0.05) is 23.7 Å². The zero-order chi connectivity index (χ0) is 12.4. The SMILES string of the molecule is O=C(O)[C@H]1C[C@@H]1C(=O)NCc1cccc(Cl)c1. The molecule has 1 aliphatic carbocycles. The van der Waals surface area contributed by atoms with Crippen molar-refractivity contribution in [1.29, 1.82) is 0 Å². The molecule has 2 rings (SSSR count). The van der Waals surface area contributed by atoms with E-state index in [-0.39, 0.29) is 11.8 Å². The van der Waals surface area contributed by atoms with E-state index in [0.29, 0.717) is 18.0 Å². The molecule has 0 saturated heterocycles. The summed E-state index contributed by atoms with van der Waals surface area (Å²) >= 11 is 5.81. The van der Waals surface area contributed by atoms with E-state index in [2.05, 4.69) is 5.32 Å². The van der Waals surface area contributed by atoms with Crippen molar-refractivity contribution in [1.82, 2.24) is 5.32 Å². The van der Waals surface area contributed by atoms with Crippen molar-refractivity contribution in [3.63, 3.8) is 0 Å². The van der Waals surface area contributed by atoms with Gasteiger partial charge in [-0.3, -0.25) is 9.59 Å². The zero-order valence-electron chi connectivity index (χ0n) is 9.02. The normalized spacial score (nSPS) is 21.9. The van der Waals surface area contributed by atoms with Gasteiger partial charge in [0, 0.05) is 11.6 Å². The molecule has 1 fully saturated rings. The average molecular weight is 254 g/mol. The lowest BCUT2D eigenvalue weighted by molar-refractivity contribution is -0.140. The number of nitrogens with one attached hydrogen (secondary N) is 1. The molecule has 0 spiro atoms. The Balaban J connectivity index is 1.83. The van der Waals surface area contributed by atoms with E-state index >= 15 is 0 Å². The standard InChI is InChI=1S/C12H12ClNO3/c13-8-3-1-2-7(4-8)6-14-11(15)9-5-10(9)12(16)17/h1-4,9-10H,5-6H2,(H,14,15)(H,16,17)/t9-,10-/m0/s1. The highest BCUT2D eigenvalue weighted by Gasteiger charge is 2.48. The van der Waals surface area contributed by atoms with E-state index in [0.717, 1.165) is 5.56 Å². The summed E-state index contributed by atoms with van der Waals surface area (Å²) in [5.74, 6) is -1.97. The Bertz CT molecular complexity index is 461. The molecule has 2 atom stereocenters. The molecule has 17 heavy (non-hydrogen) atoms. The van der Waals surface area contributed by atoms with Gasteiger partial charge in [-0.05, 0) is 24.1 Å². The lowest BCUT2D eigenvalue weighted by atomic mass is 10.2. The van der Waals surface area contributed by atoms with Crippen LogP contribution in [0.3, 0.4) is 0 Å². The van der Waals surface area contributed by atoms with Crippen LogP contribution in [0.1, 0.15) is 12.0 Å². The van der Waals surface area contributed by atoms with E-state index < -0.39 is 11.9 Å². The molecule has 0 radical (unpaired) electrons. The topological polar surface area (TPSA) is 66.4 Å². The molecule has 0 aliphatic heterocycles. The Labute approximate surface area is 104 Å². The van der Waals surface area contributed by atoms with Crippen LogP contribution in [-0.4, -0.2) is 17.0 Å². The highest BCUT2D eigenvalue weighted by Crippen LogP contribution is 2.38. The van der Waals surface area contributed by atoms with Crippen LogP contribution in [0.4, 0.5) is 0 Å². The number of benzene rings is 1. The van der Waals surface area contributed by atoms with Crippen LogP contribution in [0.15, 0.2) is 24.3 Å². The van der Waals surface area contributed by atoms with Gasteiger partial charge >= 0.3 is 5.97 Å². The fourth-order valence-corrected chi connectivity index (χ4v) is 1.94. The number of carboxylic acids is 1. The van der Waals surface area contributed by atoms with Crippen molar-refractivity contribution in [3.8, 4) is 0 Å². The third-order valence-electron chi connectivity index (χ3n) is 2.80. The lowest BCUT2D eigenvalue weighted by Crippen LogP contribution is -2.25.